The number of carbonyl (C=O) groups is 1. The van der Waals surface area contributed by atoms with E-state index in [-0.39, 0.29) is 11.9 Å². The van der Waals surface area contributed by atoms with Gasteiger partial charge in [0.15, 0.2) is 5.82 Å². The number of hydrogen-bond acceptors (Lipinski definition) is 6. The lowest BCUT2D eigenvalue weighted by atomic mass is 10.2. The Kier molecular flexibility index (Phi) is 3.47. The fraction of sp³-hybridized carbons (Fsp3) is 0.667. The van der Waals surface area contributed by atoms with E-state index in [2.05, 4.69) is 25.3 Å². The van der Waals surface area contributed by atoms with E-state index < -0.39 is 0 Å². The number of amides is 1. The summed E-state index contributed by atoms with van der Waals surface area (Å²) in [6.07, 6.45) is 1.30. The normalized spacial score (nSPS) is 21.9. The summed E-state index contributed by atoms with van der Waals surface area (Å²) in [5.41, 5.74) is 0. The Balaban J connectivity index is 2.02. The van der Waals surface area contributed by atoms with Crippen LogP contribution in [-0.4, -0.2) is 53.7 Å². The van der Waals surface area contributed by atoms with Gasteiger partial charge in [-0.05, 0) is 0 Å². The van der Waals surface area contributed by atoms with Crippen molar-refractivity contribution in [3.8, 4) is 0 Å². The van der Waals surface area contributed by atoms with E-state index in [1.165, 1.54) is 6.39 Å². The molecule has 1 atom stereocenters. The summed E-state index contributed by atoms with van der Waals surface area (Å²) >= 11 is 0. The summed E-state index contributed by atoms with van der Waals surface area (Å²) < 4.78 is 4.67. The summed E-state index contributed by atoms with van der Waals surface area (Å²) in [7, 11) is 1.64. The summed E-state index contributed by atoms with van der Waals surface area (Å²) in [5.74, 6) is 0.617. The van der Waals surface area contributed by atoms with Crippen molar-refractivity contribution in [1.29, 1.82) is 0 Å². The first-order valence-electron chi connectivity index (χ1n) is 5.23. The van der Waals surface area contributed by atoms with Gasteiger partial charge in [0.2, 0.25) is 12.3 Å². The third kappa shape index (κ3) is 2.37. The van der Waals surface area contributed by atoms with Crippen molar-refractivity contribution >= 4 is 5.91 Å². The summed E-state index contributed by atoms with van der Waals surface area (Å²) in [6, 6.07) is -0.169. The van der Waals surface area contributed by atoms with Crippen LogP contribution in [0.2, 0.25) is 0 Å². The monoisotopic (exact) mass is 225 g/mol. The molecule has 0 spiro atoms. The molecule has 2 rings (SSSR count). The van der Waals surface area contributed by atoms with Crippen molar-refractivity contribution in [2.45, 2.75) is 12.6 Å². The molecule has 0 aliphatic carbocycles. The number of carbonyl (C=O) groups excluding carboxylic acids is 1. The van der Waals surface area contributed by atoms with Crippen LogP contribution in [0, 0.1) is 0 Å². The van der Waals surface area contributed by atoms with Crippen molar-refractivity contribution in [2.24, 2.45) is 0 Å². The summed E-state index contributed by atoms with van der Waals surface area (Å²) in [6.45, 7) is 2.85. The molecule has 1 unspecified atom stereocenters. The molecule has 16 heavy (non-hydrogen) atoms. The standard InChI is InChI=1S/C9H15N5O2/c1-10-9(15)7-4-11-2-3-14(7)5-8-12-6-16-13-8/h6-7,11H,2-5H2,1H3,(H,10,15). The van der Waals surface area contributed by atoms with E-state index >= 15 is 0 Å². The maximum atomic E-state index is 11.6. The highest BCUT2D eigenvalue weighted by Crippen LogP contribution is 2.07. The number of likely N-dealkylation sites (N-methyl/N-ethyl adjacent to an activating group) is 1. The molecule has 1 saturated heterocycles. The van der Waals surface area contributed by atoms with Gasteiger partial charge in [0.05, 0.1) is 6.54 Å². The molecule has 1 aliphatic heterocycles. The molecule has 0 bridgehead atoms. The van der Waals surface area contributed by atoms with Crippen molar-refractivity contribution in [2.75, 3.05) is 26.7 Å². The fourth-order valence-electron chi connectivity index (χ4n) is 1.80. The van der Waals surface area contributed by atoms with Gasteiger partial charge in [-0.25, -0.2) is 0 Å². The molecule has 88 valence electrons. The van der Waals surface area contributed by atoms with Gasteiger partial charge < -0.3 is 15.2 Å². The van der Waals surface area contributed by atoms with E-state index in [1.54, 1.807) is 7.05 Å². The largest absolute Gasteiger partial charge is 0.358 e. The van der Waals surface area contributed by atoms with Gasteiger partial charge in [0.25, 0.3) is 0 Å². The molecule has 1 amide bonds. The number of hydrogen-bond donors (Lipinski definition) is 2. The van der Waals surface area contributed by atoms with Crippen LogP contribution in [0.3, 0.4) is 0 Å². The minimum Gasteiger partial charge on any atom is -0.358 e. The zero-order chi connectivity index (χ0) is 11.4. The Bertz CT molecular complexity index is 340. The van der Waals surface area contributed by atoms with Crippen LogP contribution in [0.4, 0.5) is 0 Å². The number of piperazine rings is 1. The van der Waals surface area contributed by atoms with Crippen LogP contribution in [0.5, 0.6) is 0 Å². The zero-order valence-corrected chi connectivity index (χ0v) is 9.14. The van der Waals surface area contributed by atoms with E-state index in [9.17, 15) is 4.79 Å². The van der Waals surface area contributed by atoms with Crippen molar-refractivity contribution in [3.05, 3.63) is 12.2 Å². The Labute approximate surface area is 93.2 Å². The maximum Gasteiger partial charge on any atom is 0.238 e. The fourth-order valence-corrected chi connectivity index (χ4v) is 1.80. The number of nitrogens with zero attached hydrogens (tertiary/aromatic N) is 3. The van der Waals surface area contributed by atoms with Crippen LogP contribution in [-0.2, 0) is 11.3 Å². The van der Waals surface area contributed by atoms with Gasteiger partial charge in [-0.2, -0.15) is 4.98 Å². The van der Waals surface area contributed by atoms with Crippen LogP contribution in [0.1, 0.15) is 5.82 Å². The van der Waals surface area contributed by atoms with Crippen LogP contribution < -0.4 is 10.6 Å². The molecule has 0 radical (unpaired) electrons. The molecule has 2 N–H and O–H groups in total. The number of aromatic nitrogens is 2. The highest BCUT2D eigenvalue weighted by atomic mass is 16.5. The van der Waals surface area contributed by atoms with E-state index in [0.29, 0.717) is 18.9 Å². The minimum absolute atomic E-state index is 0.00990. The molecule has 1 aliphatic rings. The number of rotatable bonds is 3. The zero-order valence-electron chi connectivity index (χ0n) is 9.14. The predicted molar refractivity (Wildman–Crippen MR) is 55.4 cm³/mol. The first-order chi connectivity index (χ1) is 7.81. The second-order valence-electron chi connectivity index (χ2n) is 3.65. The highest BCUT2D eigenvalue weighted by Gasteiger charge is 2.28. The molecule has 1 aromatic rings. The first-order valence-corrected chi connectivity index (χ1v) is 5.23. The Hall–Kier alpha value is -1.47. The lowest BCUT2D eigenvalue weighted by Gasteiger charge is -2.33. The van der Waals surface area contributed by atoms with Crippen molar-refractivity contribution in [3.63, 3.8) is 0 Å². The second kappa shape index (κ2) is 5.04. The third-order valence-electron chi connectivity index (χ3n) is 2.65. The van der Waals surface area contributed by atoms with E-state index in [0.717, 1.165) is 13.1 Å². The molecule has 0 saturated carbocycles. The molecule has 0 aromatic carbocycles. The smallest absolute Gasteiger partial charge is 0.238 e. The summed E-state index contributed by atoms with van der Waals surface area (Å²) in [4.78, 5) is 17.6. The molecule has 7 nitrogen and oxygen atoms in total. The SMILES string of the molecule is CNC(=O)C1CNCCN1Cc1ncon1. The van der Waals surface area contributed by atoms with Gasteiger partial charge in [0.1, 0.15) is 6.04 Å². The van der Waals surface area contributed by atoms with E-state index in [4.69, 9.17) is 0 Å². The molecule has 1 fully saturated rings. The first kappa shape index (κ1) is 11.0. The molecular weight excluding hydrogens is 210 g/mol. The molecule has 1 aromatic heterocycles. The summed E-state index contributed by atoms with van der Waals surface area (Å²) in [5, 5.41) is 9.60. The number of nitrogens with one attached hydrogen (secondary N) is 2. The van der Waals surface area contributed by atoms with Crippen LogP contribution in [0.15, 0.2) is 10.9 Å². The van der Waals surface area contributed by atoms with Gasteiger partial charge in [-0.1, -0.05) is 5.16 Å². The molecular formula is C9H15N5O2. The topological polar surface area (TPSA) is 83.3 Å². The molecule has 2 heterocycles. The lowest BCUT2D eigenvalue weighted by Crippen LogP contribution is -2.57. The second-order valence-corrected chi connectivity index (χ2v) is 3.65. The van der Waals surface area contributed by atoms with Gasteiger partial charge in [-0.3, -0.25) is 9.69 Å². The van der Waals surface area contributed by atoms with Crippen LogP contribution >= 0.6 is 0 Å². The quantitative estimate of drug-likeness (QED) is 0.657. The van der Waals surface area contributed by atoms with Crippen LogP contribution in [0.25, 0.3) is 0 Å². The van der Waals surface area contributed by atoms with Gasteiger partial charge >= 0.3 is 0 Å². The van der Waals surface area contributed by atoms with Gasteiger partial charge in [-0.15, -0.1) is 0 Å². The Morgan fingerprint density at radius 3 is 3.38 bits per heavy atom. The Morgan fingerprint density at radius 2 is 2.69 bits per heavy atom. The minimum atomic E-state index is -0.169. The average molecular weight is 225 g/mol. The van der Waals surface area contributed by atoms with Crippen molar-refractivity contribution in [1.82, 2.24) is 25.7 Å². The van der Waals surface area contributed by atoms with Gasteiger partial charge in [0, 0.05) is 26.7 Å². The predicted octanol–water partition coefficient (Wildman–Crippen LogP) is -1.41. The maximum absolute atomic E-state index is 11.6. The van der Waals surface area contributed by atoms with Crippen molar-refractivity contribution < 1.29 is 9.32 Å². The lowest BCUT2D eigenvalue weighted by molar-refractivity contribution is -0.126. The highest BCUT2D eigenvalue weighted by molar-refractivity contribution is 5.81. The van der Waals surface area contributed by atoms with E-state index in [1.807, 2.05) is 4.90 Å². The Morgan fingerprint density at radius 1 is 1.81 bits per heavy atom. The average Bonchev–Trinajstić information content (AvgIpc) is 2.82. The third-order valence-corrected chi connectivity index (χ3v) is 2.65. The molecule has 7 heteroatoms.